The summed E-state index contributed by atoms with van der Waals surface area (Å²) >= 11 is 0. The summed E-state index contributed by atoms with van der Waals surface area (Å²) in [6.07, 6.45) is -5.43. The summed E-state index contributed by atoms with van der Waals surface area (Å²) in [7, 11) is 1.37. The first-order chi connectivity index (χ1) is 16.3. The highest BCUT2D eigenvalue weighted by molar-refractivity contribution is 5.68. The number of carbonyl (C=O) groups is 1. The van der Waals surface area contributed by atoms with E-state index in [1.165, 1.54) is 7.11 Å². The first-order valence-corrected chi connectivity index (χ1v) is 11.9. The average Bonchev–Trinajstić information content (AvgIpc) is 2.83. The normalized spacial score (nSPS) is 36.4. The fourth-order valence-corrected chi connectivity index (χ4v) is 4.04. The van der Waals surface area contributed by atoms with Crippen LogP contribution in [0.2, 0.25) is 0 Å². The smallest absolute Gasteiger partial charge is 0.305 e. The van der Waals surface area contributed by atoms with Gasteiger partial charge < -0.3 is 54.3 Å². The van der Waals surface area contributed by atoms with Gasteiger partial charge in [0.2, 0.25) is 0 Å². The molecule has 0 radical (unpaired) electrons. The van der Waals surface area contributed by atoms with Gasteiger partial charge in [-0.15, -0.1) is 0 Å². The maximum Gasteiger partial charge on any atom is 0.305 e. The van der Waals surface area contributed by atoms with Gasteiger partial charge in [-0.3, -0.25) is 4.79 Å². The highest BCUT2D eigenvalue weighted by atomic mass is 16.7. The number of rotatable bonds is 14. The zero-order valence-electron chi connectivity index (χ0n) is 19.6. The van der Waals surface area contributed by atoms with Crippen LogP contribution < -0.4 is 0 Å². The molecule has 2 aliphatic rings. The first-order valence-electron chi connectivity index (χ1n) is 11.9. The van der Waals surface area contributed by atoms with Crippen molar-refractivity contribution >= 4 is 5.97 Å². The number of methoxy groups -OCH3 is 1. The zero-order chi connectivity index (χ0) is 25.1. The number of unbranched alkanes of at least 4 members (excludes halogenated alkanes) is 5. The lowest BCUT2D eigenvalue weighted by Crippen LogP contribution is -2.62. The van der Waals surface area contributed by atoms with E-state index in [1.807, 2.05) is 0 Å². The summed E-state index contributed by atoms with van der Waals surface area (Å²) < 4.78 is 27.2. The molecule has 0 spiro atoms. The molecule has 200 valence electrons. The second kappa shape index (κ2) is 15.2. The van der Waals surface area contributed by atoms with Crippen molar-refractivity contribution in [2.24, 2.45) is 0 Å². The number of carbonyl (C=O) groups excluding carboxylic acids is 1. The third-order valence-corrected chi connectivity index (χ3v) is 6.13. The molecule has 34 heavy (non-hydrogen) atoms. The van der Waals surface area contributed by atoms with Crippen LogP contribution in [-0.4, -0.2) is 119 Å². The van der Waals surface area contributed by atoms with Crippen LogP contribution >= 0.6 is 0 Å². The fraction of sp³-hybridized carbons (Fsp3) is 0.955. The lowest BCUT2D eigenvalue weighted by molar-refractivity contribution is -0.350. The van der Waals surface area contributed by atoms with E-state index in [2.05, 4.69) is 4.74 Å². The summed E-state index contributed by atoms with van der Waals surface area (Å²) in [5.41, 5.74) is 0. The molecule has 0 aromatic heterocycles. The van der Waals surface area contributed by atoms with Gasteiger partial charge in [-0.05, 0) is 12.8 Å². The summed E-state index contributed by atoms with van der Waals surface area (Å²) in [5, 5.41) is 59.5. The highest BCUT2D eigenvalue weighted by Gasteiger charge is 2.48. The van der Waals surface area contributed by atoms with Gasteiger partial charge in [0.1, 0.15) is 36.6 Å². The van der Waals surface area contributed by atoms with E-state index in [0.29, 0.717) is 12.8 Å². The molecule has 9 atom stereocenters. The van der Waals surface area contributed by atoms with Gasteiger partial charge in [0.25, 0.3) is 0 Å². The number of esters is 1. The Labute approximate surface area is 199 Å². The van der Waals surface area contributed by atoms with E-state index in [-0.39, 0.29) is 19.0 Å². The Bertz CT molecular complexity index is 578. The molecule has 0 amide bonds. The van der Waals surface area contributed by atoms with Crippen LogP contribution in [0.5, 0.6) is 0 Å². The molecule has 6 N–H and O–H groups in total. The molecule has 0 bridgehead atoms. The maximum absolute atomic E-state index is 11.1. The predicted octanol–water partition coefficient (Wildman–Crippen LogP) is -1.44. The quantitative estimate of drug-likeness (QED) is 0.122. The predicted molar refractivity (Wildman–Crippen MR) is 115 cm³/mol. The number of aliphatic hydroxyl groups is 6. The molecule has 2 saturated heterocycles. The Kier molecular flexibility index (Phi) is 13.1. The van der Waals surface area contributed by atoms with Crippen LogP contribution in [0.4, 0.5) is 0 Å². The number of hydrogen-bond donors (Lipinski definition) is 6. The Morgan fingerprint density at radius 2 is 1.47 bits per heavy atom. The molecule has 12 heteroatoms. The standard InChI is InChI=1S/C22H40O12/c1-30-16(26)8-6-4-2-3-5-7-9-31-22-21(20(29)19(28)15(12-24)33-22)34-17-10-13(25)18(27)14(11-23)32-17/h13-15,17-25,27-29H,2-12H2,1H3/t13-,14-,15-,17-,18+,19-,20+,21-,22+/m1/s1. The van der Waals surface area contributed by atoms with Crippen molar-refractivity contribution in [3.05, 3.63) is 0 Å². The number of ether oxygens (including phenoxy) is 5. The van der Waals surface area contributed by atoms with E-state index in [0.717, 1.165) is 32.1 Å². The fourth-order valence-electron chi connectivity index (χ4n) is 4.04. The molecule has 2 rings (SSSR count). The Morgan fingerprint density at radius 3 is 2.12 bits per heavy atom. The zero-order valence-corrected chi connectivity index (χ0v) is 19.6. The molecule has 2 aliphatic heterocycles. The van der Waals surface area contributed by atoms with Gasteiger partial charge in [-0.2, -0.15) is 0 Å². The van der Waals surface area contributed by atoms with Crippen molar-refractivity contribution in [3.63, 3.8) is 0 Å². The maximum atomic E-state index is 11.1. The van der Waals surface area contributed by atoms with Gasteiger partial charge in [0.15, 0.2) is 12.6 Å². The molecule has 0 aliphatic carbocycles. The Morgan fingerprint density at radius 1 is 0.853 bits per heavy atom. The van der Waals surface area contributed by atoms with Crippen LogP contribution in [-0.2, 0) is 28.5 Å². The third-order valence-electron chi connectivity index (χ3n) is 6.13. The van der Waals surface area contributed by atoms with E-state index in [4.69, 9.17) is 18.9 Å². The van der Waals surface area contributed by atoms with Crippen LogP contribution in [0.25, 0.3) is 0 Å². The van der Waals surface area contributed by atoms with Crippen LogP contribution in [0.3, 0.4) is 0 Å². The van der Waals surface area contributed by atoms with Crippen molar-refractivity contribution in [1.82, 2.24) is 0 Å². The molecule has 2 heterocycles. The topological polar surface area (TPSA) is 185 Å². The van der Waals surface area contributed by atoms with Gasteiger partial charge in [-0.1, -0.05) is 25.7 Å². The van der Waals surface area contributed by atoms with Crippen LogP contribution in [0.1, 0.15) is 51.4 Å². The van der Waals surface area contributed by atoms with Crippen LogP contribution in [0.15, 0.2) is 0 Å². The second-order valence-corrected chi connectivity index (χ2v) is 8.71. The molecule has 0 aromatic carbocycles. The Balaban J connectivity index is 1.81. The van der Waals surface area contributed by atoms with Gasteiger partial charge in [0, 0.05) is 19.4 Å². The Hall–Kier alpha value is -0.930. The van der Waals surface area contributed by atoms with Gasteiger partial charge >= 0.3 is 5.97 Å². The van der Waals surface area contributed by atoms with Crippen molar-refractivity contribution < 1.29 is 59.1 Å². The molecule has 0 aromatic rings. The lowest BCUT2D eigenvalue weighted by Gasteiger charge is -2.44. The van der Waals surface area contributed by atoms with Gasteiger partial charge in [-0.25, -0.2) is 0 Å². The minimum Gasteiger partial charge on any atom is -0.469 e. The van der Waals surface area contributed by atoms with E-state index < -0.39 is 68.5 Å². The molecule has 2 fully saturated rings. The second-order valence-electron chi connectivity index (χ2n) is 8.71. The minimum atomic E-state index is -1.47. The number of hydrogen-bond acceptors (Lipinski definition) is 12. The third kappa shape index (κ3) is 8.63. The van der Waals surface area contributed by atoms with Crippen molar-refractivity contribution in [2.75, 3.05) is 26.9 Å². The molecule has 0 saturated carbocycles. The molecule has 0 unspecified atom stereocenters. The minimum absolute atomic E-state index is 0.122. The molecular weight excluding hydrogens is 456 g/mol. The highest BCUT2D eigenvalue weighted by Crippen LogP contribution is 2.29. The summed E-state index contributed by atoms with van der Waals surface area (Å²) in [6, 6.07) is 0. The summed E-state index contributed by atoms with van der Waals surface area (Å²) in [5.74, 6) is -0.206. The molecular formula is C22H40O12. The lowest BCUT2D eigenvalue weighted by atomic mass is 9.98. The van der Waals surface area contributed by atoms with Crippen molar-refractivity contribution in [3.8, 4) is 0 Å². The first kappa shape index (κ1) is 29.3. The van der Waals surface area contributed by atoms with E-state index in [9.17, 15) is 35.4 Å². The van der Waals surface area contributed by atoms with Crippen molar-refractivity contribution in [2.45, 2.75) is 107 Å². The monoisotopic (exact) mass is 496 g/mol. The molecule has 12 nitrogen and oxygen atoms in total. The average molecular weight is 497 g/mol. The van der Waals surface area contributed by atoms with Crippen LogP contribution in [0, 0.1) is 0 Å². The number of aliphatic hydroxyl groups excluding tert-OH is 6. The van der Waals surface area contributed by atoms with Gasteiger partial charge in [0.05, 0.1) is 26.4 Å². The van der Waals surface area contributed by atoms with E-state index >= 15 is 0 Å². The van der Waals surface area contributed by atoms with E-state index in [1.54, 1.807) is 0 Å². The summed E-state index contributed by atoms with van der Waals surface area (Å²) in [4.78, 5) is 11.1. The largest absolute Gasteiger partial charge is 0.469 e. The summed E-state index contributed by atoms with van der Waals surface area (Å²) in [6.45, 7) is -0.798. The van der Waals surface area contributed by atoms with Crippen molar-refractivity contribution in [1.29, 1.82) is 0 Å². The SMILES string of the molecule is COC(=O)CCCCCCCCO[C@H]1O[C@H](CO)[C@@H](O)[C@H](O)[C@H]1O[C@@H]1C[C@@H](O)[C@H](O)[C@@H](CO)O1.